The fraction of sp³-hybridized carbons (Fsp3) is 0.214. The number of amides is 1. The van der Waals surface area contributed by atoms with Crippen LogP contribution in [-0.2, 0) is 11.2 Å². The van der Waals surface area contributed by atoms with E-state index in [9.17, 15) is 9.59 Å². The van der Waals surface area contributed by atoms with Crippen molar-refractivity contribution in [3.05, 3.63) is 106 Å². The number of carbonyl (C=O) groups is 1. The van der Waals surface area contributed by atoms with E-state index in [0.717, 1.165) is 11.3 Å². The Balaban J connectivity index is 1.51. The number of nitrogens with one attached hydrogen (secondary N) is 1. The van der Waals surface area contributed by atoms with Gasteiger partial charge in [-0.15, -0.1) is 0 Å². The van der Waals surface area contributed by atoms with Gasteiger partial charge in [-0.05, 0) is 57.0 Å². The van der Waals surface area contributed by atoms with Crippen molar-refractivity contribution in [2.75, 3.05) is 6.54 Å². The summed E-state index contributed by atoms with van der Waals surface area (Å²) in [4.78, 5) is 26.8. The molecule has 0 saturated carbocycles. The summed E-state index contributed by atoms with van der Waals surface area (Å²) in [7, 11) is 0. The van der Waals surface area contributed by atoms with Crippen LogP contribution in [0.2, 0.25) is 0 Å². The summed E-state index contributed by atoms with van der Waals surface area (Å²) in [5.41, 5.74) is 3.89. The highest BCUT2D eigenvalue weighted by Crippen LogP contribution is 2.25. The van der Waals surface area contributed by atoms with Gasteiger partial charge in [-0.3, -0.25) is 9.59 Å². The molecular formula is C28H28N6O2. The van der Waals surface area contributed by atoms with E-state index in [1.54, 1.807) is 11.6 Å². The van der Waals surface area contributed by atoms with Gasteiger partial charge >= 0.3 is 0 Å². The molecule has 182 valence electrons. The van der Waals surface area contributed by atoms with E-state index in [1.807, 2.05) is 73.3 Å². The molecule has 8 heteroatoms. The topological polar surface area (TPSA) is 86.7 Å². The zero-order valence-corrected chi connectivity index (χ0v) is 20.5. The van der Waals surface area contributed by atoms with Gasteiger partial charge < -0.3 is 9.88 Å². The largest absolute Gasteiger partial charge is 0.354 e. The molecule has 3 heterocycles. The van der Waals surface area contributed by atoms with E-state index < -0.39 is 6.04 Å². The lowest BCUT2D eigenvalue weighted by atomic mass is 10.1. The van der Waals surface area contributed by atoms with Gasteiger partial charge in [-0.1, -0.05) is 48.0 Å². The molecule has 0 bridgehead atoms. The zero-order chi connectivity index (χ0) is 25.2. The van der Waals surface area contributed by atoms with Gasteiger partial charge in [0.15, 0.2) is 5.82 Å². The van der Waals surface area contributed by atoms with Gasteiger partial charge in [-0.25, -0.2) is 9.36 Å². The van der Waals surface area contributed by atoms with Crippen molar-refractivity contribution in [1.82, 2.24) is 29.4 Å². The highest BCUT2D eigenvalue weighted by atomic mass is 16.2. The molecule has 1 atom stereocenters. The van der Waals surface area contributed by atoms with Gasteiger partial charge in [0.05, 0.1) is 11.4 Å². The number of carbonyl (C=O) groups excluding carboxylic acids is 1. The molecule has 0 unspecified atom stereocenters. The van der Waals surface area contributed by atoms with E-state index in [1.165, 1.54) is 10.2 Å². The Kier molecular flexibility index (Phi) is 6.25. The van der Waals surface area contributed by atoms with Crippen molar-refractivity contribution in [3.8, 4) is 11.5 Å². The van der Waals surface area contributed by atoms with Crippen molar-refractivity contribution in [1.29, 1.82) is 0 Å². The molecular weight excluding hydrogens is 452 g/mol. The maximum atomic E-state index is 13.8. The first-order chi connectivity index (χ1) is 17.4. The third kappa shape index (κ3) is 4.33. The monoisotopic (exact) mass is 480 g/mol. The van der Waals surface area contributed by atoms with Crippen molar-refractivity contribution in [2.45, 2.75) is 33.2 Å². The van der Waals surface area contributed by atoms with Crippen molar-refractivity contribution >= 4 is 16.8 Å². The predicted octanol–water partition coefficient (Wildman–Crippen LogP) is 3.91. The number of aromatic nitrogens is 5. The Bertz CT molecular complexity index is 1560. The predicted molar refractivity (Wildman–Crippen MR) is 140 cm³/mol. The van der Waals surface area contributed by atoms with Crippen LogP contribution in [0.1, 0.15) is 29.8 Å². The Labute approximate surface area is 208 Å². The average Bonchev–Trinajstić information content (AvgIpc) is 3.56. The molecule has 2 aromatic carbocycles. The van der Waals surface area contributed by atoms with Crippen molar-refractivity contribution in [2.24, 2.45) is 0 Å². The lowest BCUT2D eigenvalue weighted by Crippen LogP contribution is -2.38. The van der Waals surface area contributed by atoms with Gasteiger partial charge in [0.25, 0.3) is 5.56 Å². The van der Waals surface area contributed by atoms with Crippen LogP contribution < -0.4 is 10.9 Å². The number of aryl methyl sites for hydroxylation is 2. The quantitative estimate of drug-likeness (QED) is 0.383. The Hall–Kier alpha value is -4.46. The SMILES string of the molecule is Cc1ccc(CCNC(=O)[C@H](C)n2nc(C)c3nn(-c4ccccc4)c(-n4cccc4)c3c2=O)cc1. The number of nitrogens with zero attached hydrogens (tertiary/aromatic N) is 5. The number of para-hydroxylation sites is 1. The molecule has 3 aromatic heterocycles. The van der Waals surface area contributed by atoms with Crippen LogP contribution in [-0.4, -0.2) is 36.6 Å². The first kappa shape index (κ1) is 23.3. The number of fused-ring (bicyclic) bond motifs is 1. The molecule has 0 aliphatic rings. The fourth-order valence-electron chi connectivity index (χ4n) is 4.30. The third-order valence-electron chi connectivity index (χ3n) is 6.31. The molecule has 5 rings (SSSR count). The first-order valence-corrected chi connectivity index (χ1v) is 12.0. The van der Waals surface area contributed by atoms with E-state index in [0.29, 0.717) is 35.4 Å². The minimum atomic E-state index is -0.781. The molecule has 8 nitrogen and oxygen atoms in total. The molecule has 0 saturated heterocycles. The summed E-state index contributed by atoms with van der Waals surface area (Å²) >= 11 is 0. The molecule has 1 N–H and O–H groups in total. The Morgan fingerprint density at radius 1 is 0.944 bits per heavy atom. The summed E-state index contributed by atoms with van der Waals surface area (Å²) in [5.74, 6) is 0.353. The van der Waals surface area contributed by atoms with Gasteiger partial charge in [0, 0.05) is 18.9 Å². The van der Waals surface area contributed by atoms with Crippen LogP contribution in [0.25, 0.3) is 22.4 Å². The molecule has 0 aliphatic heterocycles. The van der Waals surface area contributed by atoms with Crippen LogP contribution in [0.4, 0.5) is 0 Å². The molecule has 0 fully saturated rings. The zero-order valence-electron chi connectivity index (χ0n) is 20.5. The molecule has 1 amide bonds. The first-order valence-electron chi connectivity index (χ1n) is 12.0. The summed E-state index contributed by atoms with van der Waals surface area (Å²) in [5, 5.41) is 12.6. The van der Waals surface area contributed by atoms with Crippen molar-refractivity contribution in [3.63, 3.8) is 0 Å². The minimum absolute atomic E-state index is 0.256. The van der Waals surface area contributed by atoms with Crippen LogP contribution in [0.5, 0.6) is 0 Å². The summed E-state index contributed by atoms with van der Waals surface area (Å²) in [6, 6.07) is 20.9. The van der Waals surface area contributed by atoms with Gasteiger partial charge in [0.1, 0.15) is 16.9 Å². The average molecular weight is 481 g/mol. The van der Waals surface area contributed by atoms with Crippen molar-refractivity contribution < 1.29 is 4.79 Å². The number of benzene rings is 2. The standard InChI is InChI=1S/C28H28N6O2/c1-19-11-13-22(14-12-19)15-16-29-26(35)21(3)33-28(36)24-25(20(2)30-33)31-34(23-9-5-4-6-10-23)27(24)32-17-7-8-18-32/h4-14,17-18,21H,15-16H2,1-3H3,(H,29,35)/t21-/m0/s1. The highest BCUT2D eigenvalue weighted by Gasteiger charge is 2.25. The van der Waals surface area contributed by atoms with Crippen LogP contribution in [0, 0.1) is 13.8 Å². The van der Waals surface area contributed by atoms with Gasteiger partial charge in [-0.2, -0.15) is 10.2 Å². The molecule has 0 spiro atoms. The lowest BCUT2D eigenvalue weighted by molar-refractivity contribution is -0.124. The highest BCUT2D eigenvalue weighted by molar-refractivity contribution is 5.88. The number of hydrogen-bond donors (Lipinski definition) is 1. The van der Waals surface area contributed by atoms with Crippen LogP contribution in [0.3, 0.4) is 0 Å². The molecule has 36 heavy (non-hydrogen) atoms. The number of rotatable bonds is 7. The number of hydrogen-bond acceptors (Lipinski definition) is 4. The maximum absolute atomic E-state index is 13.8. The Morgan fingerprint density at radius 2 is 1.64 bits per heavy atom. The van der Waals surface area contributed by atoms with E-state index in [2.05, 4.69) is 34.7 Å². The second kappa shape index (κ2) is 9.65. The second-order valence-electron chi connectivity index (χ2n) is 8.92. The molecule has 0 aliphatic carbocycles. The molecule has 0 radical (unpaired) electrons. The fourth-order valence-corrected chi connectivity index (χ4v) is 4.30. The Morgan fingerprint density at radius 3 is 2.33 bits per heavy atom. The summed E-state index contributed by atoms with van der Waals surface area (Å²) in [6.07, 6.45) is 4.45. The smallest absolute Gasteiger partial charge is 0.280 e. The van der Waals surface area contributed by atoms with Crippen LogP contribution >= 0.6 is 0 Å². The minimum Gasteiger partial charge on any atom is -0.354 e. The third-order valence-corrected chi connectivity index (χ3v) is 6.31. The normalized spacial score (nSPS) is 12.1. The van der Waals surface area contributed by atoms with E-state index in [4.69, 9.17) is 5.10 Å². The van der Waals surface area contributed by atoms with Gasteiger partial charge in [0.2, 0.25) is 5.91 Å². The van der Waals surface area contributed by atoms with E-state index >= 15 is 0 Å². The lowest BCUT2D eigenvalue weighted by Gasteiger charge is -2.15. The van der Waals surface area contributed by atoms with E-state index in [-0.39, 0.29) is 11.5 Å². The molecule has 5 aromatic rings. The second-order valence-corrected chi connectivity index (χ2v) is 8.92. The maximum Gasteiger partial charge on any atom is 0.280 e. The van der Waals surface area contributed by atoms with Crippen LogP contribution in [0.15, 0.2) is 83.9 Å². The summed E-state index contributed by atoms with van der Waals surface area (Å²) < 4.78 is 4.88. The summed E-state index contributed by atoms with van der Waals surface area (Å²) in [6.45, 7) is 6.02.